The highest BCUT2D eigenvalue weighted by Gasteiger charge is 2.29. The third kappa shape index (κ3) is 4.84. The number of nitrogens with one attached hydrogen (secondary N) is 1. The van der Waals surface area contributed by atoms with Gasteiger partial charge in [-0.1, -0.05) is 11.6 Å². The molecule has 1 atom stereocenters. The molecular formula is C16H24ClN3O3. The molecule has 1 aliphatic heterocycles. The maximum absolute atomic E-state index is 12.6. The van der Waals surface area contributed by atoms with Crippen molar-refractivity contribution in [1.82, 2.24) is 10.2 Å². The lowest BCUT2D eigenvalue weighted by molar-refractivity contribution is -0.126. The molecule has 0 spiro atoms. The summed E-state index contributed by atoms with van der Waals surface area (Å²) in [6.45, 7) is 3.70. The minimum atomic E-state index is -0.225. The standard InChI is InChI=1S/C16H23N3O3.ClH/c1-11-4-5-14(20)13(9-11)16(22)19-8-2-3-12(10-19)15(21)18-7-6-17;/h4-5,9,12,20H,2-3,6-8,10,17H2,1H3,(H,18,21);1H. The number of aromatic hydroxyl groups is 1. The molecule has 1 aliphatic rings. The lowest BCUT2D eigenvalue weighted by Gasteiger charge is -2.32. The molecule has 23 heavy (non-hydrogen) atoms. The molecule has 2 rings (SSSR count). The Bertz CT molecular complexity index is 566. The molecule has 1 aromatic carbocycles. The highest BCUT2D eigenvalue weighted by molar-refractivity contribution is 5.97. The third-order valence-electron chi connectivity index (χ3n) is 3.91. The van der Waals surface area contributed by atoms with Crippen molar-refractivity contribution in [3.05, 3.63) is 29.3 Å². The molecule has 1 unspecified atom stereocenters. The maximum Gasteiger partial charge on any atom is 0.257 e. The van der Waals surface area contributed by atoms with Gasteiger partial charge < -0.3 is 21.1 Å². The second-order valence-electron chi connectivity index (χ2n) is 5.69. The van der Waals surface area contributed by atoms with E-state index >= 15 is 0 Å². The number of carbonyl (C=O) groups excluding carboxylic acids is 2. The molecule has 6 nitrogen and oxygen atoms in total. The van der Waals surface area contributed by atoms with E-state index in [4.69, 9.17) is 5.73 Å². The van der Waals surface area contributed by atoms with Gasteiger partial charge in [0, 0.05) is 26.2 Å². The van der Waals surface area contributed by atoms with Crippen LogP contribution in [-0.2, 0) is 4.79 Å². The SMILES string of the molecule is Cc1ccc(O)c(C(=O)N2CCCC(C(=O)NCCN)C2)c1.Cl. The summed E-state index contributed by atoms with van der Waals surface area (Å²) in [5.41, 5.74) is 6.59. The molecule has 4 N–H and O–H groups in total. The number of hydrogen-bond donors (Lipinski definition) is 3. The van der Waals surface area contributed by atoms with E-state index in [1.165, 1.54) is 6.07 Å². The summed E-state index contributed by atoms with van der Waals surface area (Å²) in [7, 11) is 0. The lowest BCUT2D eigenvalue weighted by atomic mass is 9.96. The molecule has 0 saturated carbocycles. The van der Waals surface area contributed by atoms with Crippen LogP contribution in [0.25, 0.3) is 0 Å². The van der Waals surface area contributed by atoms with Gasteiger partial charge in [0.1, 0.15) is 5.75 Å². The molecule has 7 heteroatoms. The Kier molecular flexibility index (Phi) is 7.32. The molecule has 128 valence electrons. The summed E-state index contributed by atoms with van der Waals surface area (Å²) in [6, 6.07) is 4.96. The summed E-state index contributed by atoms with van der Waals surface area (Å²) in [6.07, 6.45) is 1.54. The van der Waals surface area contributed by atoms with Crippen LogP contribution < -0.4 is 11.1 Å². The van der Waals surface area contributed by atoms with E-state index in [1.807, 2.05) is 6.92 Å². The lowest BCUT2D eigenvalue weighted by Crippen LogP contribution is -2.46. The largest absolute Gasteiger partial charge is 0.507 e. The predicted octanol–water partition coefficient (Wildman–Crippen LogP) is 1.05. The fourth-order valence-electron chi connectivity index (χ4n) is 2.71. The number of phenolic OH excluding ortho intramolecular Hbond substituents is 1. The first-order valence-electron chi connectivity index (χ1n) is 7.59. The average Bonchev–Trinajstić information content (AvgIpc) is 2.54. The van der Waals surface area contributed by atoms with Gasteiger partial charge in [-0.05, 0) is 31.9 Å². The van der Waals surface area contributed by atoms with Crippen molar-refractivity contribution >= 4 is 24.2 Å². The number of aryl methyl sites for hydroxylation is 1. The Morgan fingerprint density at radius 2 is 2.17 bits per heavy atom. The van der Waals surface area contributed by atoms with Gasteiger partial charge in [0.25, 0.3) is 5.91 Å². The molecule has 2 amide bonds. The number of halogens is 1. The molecule has 0 aromatic heterocycles. The number of benzene rings is 1. The highest BCUT2D eigenvalue weighted by Crippen LogP contribution is 2.24. The summed E-state index contributed by atoms with van der Waals surface area (Å²) < 4.78 is 0. The van der Waals surface area contributed by atoms with Crippen molar-refractivity contribution in [1.29, 1.82) is 0 Å². The van der Waals surface area contributed by atoms with Crippen molar-refractivity contribution < 1.29 is 14.7 Å². The Morgan fingerprint density at radius 1 is 1.43 bits per heavy atom. The Hall–Kier alpha value is -1.79. The van der Waals surface area contributed by atoms with Crippen LogP contribution in [0.5, 0.6) is 5.75 Å². The molecule has 1 aromatic rings. The van der Waals surface area contributed by atoms with E-state index in [0.717, 1.165) is 18.4 Å². The van der Waals surface area contributed by atoms with Gasteiger partial charge >= 0.3 is 0 Å². The predicted molar refractivity (Wildman–Crippen MR) is 90.8 cm³/mol. The Labute approximate surface area is 142 Å². The minimum absolute atomic E-state index is 0. The van der Waals surface area contributed by atoms with Crippen molar-refractivity contribution in [2.75, 3.05) is 26.2 Å². The number of nitrogens with zero attached hydrogens (tertiary/aromatic N) is 1. The van der Waals surface area contributed by atoms with Gasteiger partial charge in [-0.25, -0.2) is 0 Å². The van der Waals surface area contributed by atoms with Crippen LogP contribution in [-0.4, -0.2) is 48.0 Å². The quantitative estimate of drug-likeness (QED) is 0.762. The van der Waals surface area contributed by atoms with Crippen LogP contribution in [0.1, 0.15) is 28.8 Å². The van der Waals surface area contributed by atoms with Crippen LogP contribution in [0.15, 0.2) is 18.2 Å². The monoisotopic (exact) mass is 341 g/mol. The van der Waals surface area contributed by atoms with Crippen molar-refractivity contribution in [3.63, 3.8) is 0 Å². The second kappa shape index (κ2) is 8.74. The van der Waals surface area contributed by atoms with Crippen LogP contribution in [0.2, 0.25) is 0 Å². The van der Waals surface area contributed by atoms with Crippen LogP contribution in [0.4, 0.5) is 0 Å². The van der Waals surface area contributed by atoms with Crippen LogP contribution in [0.3, 0.4) is 0 Å². The zero-order valence-corrected chi connectivity index (χ0v) is 14.1. The van der Waals surface area contributed by atoms with Crippen molar-refractivity contribution in [2.24, 2.45) is 11.7 Å². The summed E-state index contributed by atoms with van der Waals surface area (Å²) in [5, 5.41) is 12.7. The van der Waals surface area contributed by atoms with Gasteiger partial charge in [0.2, 0.25) is 5.91 Å². The molecule has 1 fully saturated rings. The smallest absolute Gasteiger partial charge is 0.257 e. The molecular weight excluding hydrogens is 318 g/mol. The summed E-state index contributed by atoms with van der Waals surface area (Å²) in [4.78, 5) is 26.2. The normalized spacial score (nSPS) is 17.3. The van der Waals surface area contributed by atoms with E-state index in [1.54, 1.807) is 17.0 Å². The number of likely N-dealkylation sites (tertiary alicyclic amines) is 1. The van der Waals surface area contributed by atoms with Crippen molar-refractivity contribution in [2.45, 2.75) is 19.8 Å². The molecule has 0 bridgehead atoms. The first-order chi connectivity index (χ1) is 10.5. The van der Waals surface area contributed by atoms with E-state index < -0.39 is 0 Å². The number of carbonyl (C=O) groups is 2. The topological polar surface area (TPSA) is 95.7 Å². The summed E-state index contributed by atoms with van der Waals surface area (Å²) in [5.74, 6) is -0.518. The average molecular weight is 342 g/mol. The summed E-state index contributed by atoms with van der Waals surface area (Å²) >= 11 is 0. The zero-order chi connectivity index (χ0) is 16.1. The first kappa shape index (κ1) is 19.3. The molecule has 0 aliphatic carbocycles. The first-order valence-corrected chi connectivity index (χ1v) is 7.59. The number of nitrogens with two attached hydrogens (primary N) is 1. The van der Waals surface area contributed by atoms with E-state index in [0.29, 0.717) is 31.7 Å². The van der Waals surface area contributed by atoms with Gasteiger partial charge in [-0.2, -0.15) is 0 Å². The molecule has 1 saturated heterocycles. The highest BCUT2D eigenvalue weighted by atomic mass is 35.5. The Balaban J connectivity index is 0.00000264. The van der Waals surface area contributed by atoms with E-state index in [-0.39, 0.29) is 35.9 Å². The number of piperidine rings is 1. The third-order valence-corrected chi connectivity index (χ3v) is 3.91. The van der Waals surface area contributed by atoms with Gasteiger partial charge in [0.05, 0.1) is 11.5 Å². The van der Waals surface area contributed by atoms with E-state index in [9.17, 15) is 14.7 Å². The van der Waals surface area contributed by atoms with Crippen molar-refractivity contribution in [3.8, 4) is 5.75 Å². The van der Waals surface area contributed by atoms with Crippen LogP contribution in [0, 0.1) is 12.8 Å². The van der Waals surface area contributed by atoms with Crippen LogP contribution >= 0.6 is 12.4 Å². The van der Waals surface area contributed by atoms with Gasteiger partial charge in [0.15, 0.2) is 0 Å². The fraction of sp³-hybridized carbons (Fsp3) is 0.500. The van der Waals surface area contributed by atoms with Gasteiger partial charge in [-0.3, -0.25) is 9.59 Å². The fourth-order valence-corrected chi connectivity index (χ4v) is 2.71. The van der Waals surface area contributed by atoms with Gasteiger partial charge in [-0.15, -0.1) is 12.4 Å². The maximum atomic E-state index is 12.6. The zero-order valence-electron chi connectivity index (χ0n) is 13.2. The van der Waals surface area contributed by atoms with E-state index in [2.05, 4.69) is 5.32 Å². The Morgan fingerprint density at radius 3 is 2.87 bits per heavy atom. The molecule has 0 radical (unpaired) electrons. The molecule has 1 heterocycles. The number of hydrogen-bond acceptors (Lipinski definition) is 4. The second-order valence-corrected chi connectivity index (χ2v) is 5.69. The minimum Gasteiger partial charge on any atom is -0.507 e. The number of rotatable bonds is 4. The number of amides is 2. The number of phenols is 1.